The zero-order valence-corrected chi connectivity index (χ0v) is 15.9. The molecule has 0 aliphatic carbocycles. The van der Waals surface area contributed by atoms with E-state index in [0.29, 0.717) is 26.1 Å². The quantitative estimate of drug-likeness (QED) is 0.748. The van der Waals surface area contributed by atoms with Gasteiger partial charge in [0.1, 0.15) is 11.6 Å². The van der Waals surface area contributed by atoms with Crippen LogP contribution in [0.3, 0.4) is 0 Å². The summed E-state index contributed by atoms with van der Waals surface area (Å²) in [4.78, 5) is 31.2. The number of urea groups is 1. The minimum Gasteiger partial charge on any atom is -0.342 e. The third-order valence-corrected chi connectivity index (χ3v) is 4.69. The first-order valence-corrected chi connectivity index (χ1v) is 9.22. The highest BCUT2D eigenvalue weighted by atomic mass is 16.2. The second kappa shape index (κ2) is 6.64. The number of aromatic amines is 1. The van der Waals surface area contributed by atoms with E-state index < -0.39 is 0 Å². The Labute approximate surface area is 158 Å². The van der Waals surface area contributed by atoms with Gasteiger partial charge in [-0.2, -0.15) is 0 Å². The summed E-state index contributed by atoms with van der Waals surface area (Å²) in [6.07, 6.45) is 2.51. The fourth-order valence-corrected chi connectivity index (χ4v) is 3.18. The van der Waals surface area contributed by atoms with Gasteiger partial charge in [-0.05, 0) is 12.1 Å². The van der Waals surface area contributed by atoms with Gasteiger partial charge in [0.05, 0.1) is 29.8 Å². The van der Waals surface area contributed by atoms with Crippen LogP contribution in [0.2, 0.25) is 0 Å². The van der Waals surface area contributed by atoms with Gasteiger partial charge in [-0.3, -0.25) is 0 Å². The second-order valence-corrected chi connectivity index (χ2v) is 7.95. The predicted molar refractivity (Wildman–Crippen MR) is 103 cm³/mol. The second-order valence-electron chi connectivity index (χ2n) is 7.95. The smallest absolute Gasteiger partial charge is 0.318 e. The molecular weight excluding hydrogens is 340 g/mol. The van der Waals surface area contributed by atoms with Gasteiger partial charge in [0, 0.05) is 30.1 Å². The van der Waals surface area contributed by atoms with Crippen LogP contribution in [0, 0.1) is 0 Å². The summed E-state index contributed by atoms with van der Waals surface area (Å²) >= 11 is 0. The molecule has 1 aliphatic heterocycles. The number of nitrogens with one attached hydrogen (secondary N) is 2. The van der Waals surface area contributed by atoms with Crippen molar-refractivity contribution < 1.29 is 4.79 Å². The first-order chi connectivity index (χ1) is 12.9. The Morgan fingerprint density at radius 2 is 2.04 bits per heavy atom. The number of aromatic nitrogens is 4. The monoisotopic (exact) mass is 364 g/mol. The minimum absolute atomic E-state index is 0.0820. The molecule has 2 N–H and O–H groups in total. The molecule has 140 valence electrons. The Kier molecular flexibility index (Phi) is 4.30. The van der Waals surface area contributed by atoms with Crippen LogP contribution < -0.4 is 5.32 Å². The zero-order chi connectivity index (χ0) is 19.0. The van der Waals surface area contributed by atoms with Gasteiger partial charge in [-0.1, -0.05) is 32.9 Å². The average Bonchev–Trinajstić information content (AvgIpc) is 3.23. The van der Waals surface area contributed by atoms with Gasteiger partial charge in [0.25, 0.3) is 0 Å². The van der Waals surface area contributed by atoms with Gasteiger partial charge in [-0.15, -0.1) is 0 Å². The number of H-pyrrole nitrogens is 1. The summed E-state index contributed by atoms with van der Waals surface area (Å²) in [5.74, 6) is 1.69. The Morgan fingerprint density at radius 3 is 2.81 bits per heavy atom. The van der Waals surface area contributed by atoms with Crippen molar-refractivity contribution in [2.24, 2.45) is 0 Å². The Morgan fingerprint density at radius 1 is 1.22 bits per heavy atom. The molecule has 0 spiro atoms. The van der Waals surface area contributed by atoms with E-state index in [1.165, 1.54) is 0 Å². The highest BCUT2D eigenvalue weighted by Crippen LogP contribution is 2.24. The fraction of sp³-hybridized carbons (Fsp3) is 0.400. The van der Waals surface area contributed by atoms with Crippen LogP contribution >= 0.6 is 0 Å². The highest BCUT2D eigenvalue weighted by Gasteiger charge is 2.27. The lowest BCUT2D eigenvalue weighted by molar-refractivity contribution is 0.198. The van der Waals surface area contributed by atoms with Crippen molar-refractivity contribution in [1.82, 2.24) is 30.2 Å². The number of hydrogen-bond acceptors (Lipinski definition) is 4. The SMILES string of the molecule is CC(C)(C)c1ncc2c(n1)CN(C(=O)NCCc1nc3ccccc3[nH]1)C2. The van der Waals surface area contributed by atoms with Gasteiger partial charge < -0.3 is 15.2 Å². The molecule has 2 aromatic heterocycles. The number of carbonyl (C=O) groups excluding carboxylic acids is 1. The summed E-state index contributed by atoms with van der Waals surface area (Å²) in [5.41, 5.74) is 3.83. The van der Waals surface area contributed by atoms with Gasteiger partial charge in [0.2, 0.25) is 0 Å². The number of nitrogens with zero attached hydrogens (tertiary/aromatic N) is 4. The molecule has 3 aromatic rings. The lowest BCUT2D eigenvalue weighted by atomic mass is 9.95. The Bertz CT molecular complexity index is 955. The summed E-state index contributed by atoms with van der Waals surface area (Å²) in [7, 11) is 0. The molecule has 0 saturated carbocycles. The maximum Gasteiger partial charge on any atom is 0.318 e. The average molecular weight is 364 g/mol. The number of fused-ring (bicyclic) bond motifs is 2. The number of benzene rings is 1. The van der Waals surface area contributed by atoms with Crippen LogP contribution in [-0.4, -0.2) is 37.4 Å². The third-order valence-electron chi connectivity index (χ3n) is 4.69. The van der Waals surface area contributed by atoms with E-state index in [9.17, 15) is 4.79 Å². The molecule has 2 amide bonds. The summed E-state index contributed by atoms with van der Waals surface area (Å²) in [5, 5.41) is 2.98. The molecule has 1 aliphatic rings. The molecule has 4 rings (SSSR count). The van der Waals surface area contributed by atoms with E-state index in [4.69, 9.17) is 0 Å². The standard InChI is InChI=1S/C20H24N6O/c1-20(2,3)18-22-10-13-11-26(12-16(13)25-18)19(27)21-9-8-17-23-14-6-4-5-7-15(14)24-17/h4-7,10H,8-9,11-12H2,1-3H3,(H,21,27)(H,23,24). The first-order valence-electron chi connectivity index (χ1n) is 9.22. The van der Waals surface area contributed by atoms with Gasteiger partial charge >= 0.3 is 6.03 Å². The van der Waals surface area contributed by atoms with Crippen LogP contribution in [-0.2, 0) is 24.9 Å². The largest absolute Gasteiger partial charge is 0.342 e. The van der Waals surface area contributed by atoms with Crippen LogP contribution in [0.15, 0.2) is 30.5 Å². The topological polar surface area (TPSA) is 86.8 Å². The van der Waals surface area contributed by atoms with E-state index in [1.807, 2.05) is 30.5 Å². The van der Waals surface area contributed by atoms with E-state index >= 15 is 0 Å². The van der Waals surface area contributed by atoms with Crippen LogP contribution in [0.1, 0.15) is 43.7 Å². The van der Waals surface area contributed by atoms with Crippen LogP contribution in [0.5, 0.6) is 0 Å². The molecule has 3 heterocycles. The van der Waals surface area contributed by atoms with Crippen LogP contribution in [0.4, 0.5) is 4.79 Å². The Hall–Kier alpha value is -2.96. The summed E-state index contributed by atoms with van der Waals surface area (Å²) in [6.45, 7) is 7.88. The Balaban J connectivity index is 1.33. The summed E-state index contributed by atoms with van der Waals surface area (Å²) in [6, 6.07) is 7.83. The first kappa shape index (κ1) is 17.5. The molecule has 7 heteroatoms. The predicted octanol–water partition coefficient (Wildman–Crippen LogP) is 2.92. The molecule has 7 nitrogen and oxygen atoms in total. The van der Waals surface area contributed by atoms with E-state index in [1.54, 1.807) is 4.90 Å². The molecule has 0 saturated heterocycles. The van der Waals surface area contributed by atoms with E-state index in [2.05, 4.69) is 46.0 Å². The van der Waals surface area contributed by atoms with Crippen molar-refractivity contribution in [3.05, 3.63) is 53.4 Å². The number of rotatable bonds is 3. The molecule has 0 fully saturated rings. The maximum absolute atomic E-state index is 12.5. The normalized spacial score (nSPS) is 13.8. The number of amides is 2. The molecule has 27 heavy (non-hydrogen) atoms. The zero-order valence-electron chi connectivity index (χ0n) is 15.9. The molecule has 0 atom stereocenters. The van der Waals surface area contributed by atoms with Crippen molar-refractivity contribution in [3.8, 4) is 0 Å². The lowest BCUT2D eigenvalue weighted by Crippen LogP contribution is -2.37. The molecule has 1 aromatic carbocycles. The number of hydrogen-bond donors (Lipinski definition) is 2. The van der Waals surface area contributed by atoms with Gasteiger partial charge in [-0.25, -0.2) is 19.7 Å². The van der Waals surface area contributed by atoms with E-state index in [0.717, 1.165) is 33.9 Å². The maximum atomic E-state index is 12.5. The van der Waals surface area contributed by atoms with Crippen molar-refractivity contribution in [2.75, 3.05) is 6.54 Å². The van der Waals surface area contributed by atoms with E-state index in [-0.39, 0.29) is 11.4 Å². The number of para-hydroxylation sites is 2. The third kappa shape index (κ3) is 3.63. The molecular formula is C20H24N6O. The molecule has 0 unspecified atom stereocenters. The lowest BCUT2D eigenvalue weighted by Gasteiger charge is -2.16. The van der Waals surface area contributed by atoms with Crippen molar-refractivity contribution in [1.29, 1.82) is 0 Å². The number of carbonyl (C=O) groups is 1. The highest BCUT2D eigenvalue weighted by molar-refractivity contribution is 5.75. The van der Waals surface area contributed by atoms with Gasteiger partial charge in [0.15, 0.2) is 0 Å². The van der Waals surface area contributed by atoms with Crippen molar-refractivity contribution in [2.45, 2.75) is 45.7 Å². The van der Waals surface area contributed by atoms with Crippen LogP contribution in [0.25, 0.3) is 11.0 Å². The summed E-state index contributed by atoms with van der Waals surface area (Å²) < 4.78 is 0. The molecule has 0 radical (unpaired) electrons. The fourth-order valence-electron chi connectivity index (χ4n) is 3.18. The van der Waals surface area contributed by atoms with Crippen molar-refractivity contribution >= 4 is 17.1 Å². The molecule has 0 bridgehead atoms. The number of imidazole rings is 1. The minimum atomic E-state index is -0.0999. The van der Waals surface area contributed by atoms with Crippen molar-refractivity contribution in [3.63, 3.8) is 0 Å².